The number of piperazine rings is 1. The molecule has 2 aromatic rings. The van der Waals surface area contributed by atoms with Crippen LogP contribution in [0, 0.1) is 16.0 Å². The molecule has 1 unspecified atom stereocenters. The molecular formula is C25H30N4O4. The molecule has 0 aliphatic carbocycles. The Balaban J connectivity index is 1.47. The summed E-state index contributed by atoms with van der Waals surface area (Å²) in [6.45, 7) is 6.72. The lowest BCUT2D eigenvalue weighted by molar-refractivity contribution is -0.384. The lowest BCUT2D eigenvalue weighted by Crippen LogP contribution is -2.57. The molecule has 1 atom stereocenters. The van der Waals surface area contributed by atoms with E-state index in [4.69, 9.17) is 0 Å². The number of fused-ring (bicyclic) bond motifs is 1. The molecule has 1 fully saturated rings. The van der Waals surface area contributed by atoms with Gasteiger partial charge in [-0.2, -0.15) is 0 Å². The number of rotatable bonds is 5. The Morgan fingerprint density at radius 1 is 1.03 bits per heavy atom. The Morgan fingerprint density at radius 3 is 2.39 bits per heavy atom. The first kappa shape index (κ1) is 22.8. The van der Waals surface area contributed by atoms with Crippen molar-refractivity contribution in [2.45, 2.75) is 39.3 Å². The van der Waals surface area contributed by atoms with E-state index in [1.54, 1.807) is 17.0 Å². The number of hydrogen-bond acceptors (Lipinski definition) is 5. The summed E-state index contributed by atoms with van der Waals surface area (Å²) in [4.78, 5) is 43.0. The Morgan fingerprint density at radius 2 is 1.73 bits per heavy atom. The predicted molar refractivity (Wildman–Crippen MR) is 126 cm³/mol. The van der Waals surface area contributed by atoms with E-state index in [0.717, 1.165) is 16.8 Å². The van der Waals surface area contributed by atoms with Gasteiger partial charge in [0.2, 0.25) is 11.8 Å². The molecule has 0 radical (unpaired) electrons. The highest BCUT2D eigenvalue weighted by molar-refractivity contribution is 5.89. The summed E-state index contributed by atoms with van der Waals surface area (Å²) in [7, 11) is 0. The molecule has 2 heterocycles. The molecule has 8 heteroatoms. The van der Waals surface area contributed by atoms with E-state index in [1.807, 2.05) is 49.1 Å². The van der Waals surface area contributed by atoms with Crippen LogP contribution in [-0.2, 0) is 22.6 Å². The second-order valence-electron chi connectivity index (χ2n) is 9.20. The molecule has 0 aromatic heterocycles. The van der Waals surface area contributed by atoms with E-state index in [2.05, 4.69) is 4.90 Å². The van der Waals surface area contributed by atoms with Crippen LogP contribution in [0.2, 0.25) is 0 Å². The number of benzene rings is 2. The Bertz CT molecular complexity index is 1050. The van der Waals surface area contributed by atoms with Gasteiger partial charge in [-0.05, 0) is 23.1 Å². The van der Waals surface area contributed by atoms with Gasteiger partial charge in [0, 0.05) is 63.4 Å². The van der Waals surface area contributed by atoms with Gasteiger partial charge in [0.1, 0.15) is 6.04 Å². The van der Waals surface area contributed by atoms with Gasteiger partial charge in [-0.15, -0.1) is 0 Å². The first-order valence-corrected chi connectivity index (χ1v) is 11.5. The molecule has 1 saturated heterocycles. The Hall–Kier alpha value is -3.42. The first-order chi connectivity index (χ1) is 15.8. The number of non-ortho nitro benzene ring substituents is 1. The maximum atomic E-state index is 13.6. The van der Waals surface area contributed by atoms with Gasteiger partial charge in [0.25, 0.3) is 5.69 Å². The minimum atomic E-state index is -0.490. The second-order valence-corrected chi connectivity index (χ2v) is 9.20. The lowest BCUT2D eigenvalue weighted by atomic mass is 9.92. The van der Waals surface area contributed by atoms with Gasteiger partial charge in [-0.1, -0.05) is 44.2 Å². The molecule has 4 rings (SSSR count). The molecule has 0 spiro atoms. The molecule has 2 aliphatic heterocycles. The number of amides is 2. The predicted octanol–water partition coefficient (Wildman–Crippen LogP) is 3.24. The molecule has 33 heavy (non-hydrogen) atoms. The van der Waals surface area contributed by atoms with Crippen molar-refractivity contribution in [2.24, 2.45) is 5.92 Å². The zero-order valence-corrected chi connectivity index (χ0v) is 19.1. The quantitative estimate of drug-likeness (QED) is 0.516. The molecule has 174 valence electrons. The van der Waals surface area contributed by atoms with Crippen LogP contribution in [0.5, 0.6) is 0 Å². The maximum absolute atomic E-state index is 13.6. The highest BCUT2D eigenvalue weighted by atomic mass is 16.6. The van der Waals surface area contributed by atoms with Crippen LogP contribution in [0.15, 0.2) is 48.5 Å². The fourth-order valence-corrected chi connectivity index (χ4v) is 4.67. The monoisotopic (exact) mass is 450 g/mol. The van der Waals surface area contributed by atoms with Crippen LogP contribution in [-0.4, -0.2) is 58.8 Å². The summed E-state index contributed by atoms with van der Waals surface area (Å²) in [5.41, 5.74) is 3.08. The van der Waals surface area contributed by atoms with Gasteiger partial charge < -0.3 is 14.7 Å². The van der Waals surface area contributed by atoms with Gasteiger partial charge in [0.15, 0.2) is 0 Å². The summed E-state index contributed by atoms with van der Waals surface area (Å²) in [6, 6.07) is 14.1. The Kier molecular flexibility index (Phi) is 6.62. The van der Waals surface area contributed by atoms with Gasteiger partial charge in [-0.3, -0.25) is 19.7 Å². The number of nitro benzene ring substituents is 1. The number of hydrogen-bond donors (Lipinski definition) is 0. The number of nitrogens with zero attached hydrogens (tertiary/aromatic N) is 4. The van der Waals surface area contributed by atoms with Crippen molar-refractivity contribution < 1.29 is 14.5 Å². The van der Waals surface area contributed by atoms with Crippen LogP contribution in [0.4, 0.5) is 11.4 Å². The van der Waals surface area contributed by atoms with Gasteiger partial charge in [-0.25, -0.2) is 0 Å². The SMILES string of the molecule is CC(C)CC(=O)N1Cc2ccccc2CC1C(=O)N1CCN(c2cccc([N+](=O)[O-])c2)CC1. The summed E-state index contributed by atoms with van der Waals surface area (Å²) in [5, 5.41) is 11.1. The molecule has 0 bridgehead atoms. The number of carbonyl (C=O) groups is 2. The van der Waals surface area contributed by atoms with Crippen LogP contribution < -0.4 is 4.90 Å². The minimum absolute atomic E-state index is 0.0136. The number of nitro groups is 1. The minimum Gasteiger partial charge on any atom is -0.368 e. The maximum Gasteiger partial charge on any atom is 0.271 e. The van der Waals surface area contributed by atoms with E-state index in [-0.39, 0.29) is 23.4 Å². The molecule has 2 aliphatic rings. The average molecular weight is 451 g/mol. The van der Waals surface area contributed by atoms with Crippen molar-refractivity contribution in [3.8, 4) is 0 Å². The fourth-order valence-electron chi connectivity index (χ4n) is 4.67. The molecule has 2 amide bonds. The zero-order valence-electron chi connectivity index (χ0n) is 19.1. The highest BCUT2D eigenvalue weighted by Crippen LogP contribution is 2.27. The molecular weight excluding hydrogens is 420 g/mol. The Labute approximate surface area is 193 Å². The van der Waals surface area contributed by atoms with Crippen molar-refractivity contribution in [3.63, 3.8) is 0 Å². The van der Waals surface area contributed by atoms with Crippen molar-refractivity contribution >= 4 is 23.2 Å². The van der Waals surface area contributed by atoms with Crippen molar-refractivity contribution in [1.82, 2.24) is 9.80 Å². The number of carbonyl (C=O) groups excluding carboxylic acids is 2. The third-order valence-electron chi connectivity index (χ3n) is 6.43. The van der Waals surface area contributed by atoms with E-state index in [9.17, 15) is 19.7 Å². The topological polar surface area (TPSA) is 87.0 Å². The standard InChI is InChI=1S/C25H30N4O4/c1-18(2)14-24(30)28-17-20-7-4-3-6-19(20)15-23(28)25(31)27-12-10-26(11-13-27)21-8-5-9-22(16-21)29(32)33/h3-9,16,18,23H,10-15,17H2,1-2H3. The first-order valence-electron chi connectivity index (χ1n) is 11.5. The van der Waals surface area contributed by atoms with Crippen LogP contribution in [0.1, 0.15) is 31.4 Å². The summed E-state index contributed by atoms with van der Waals surface area (Å²) < 4.78 is 0. The zero-order chi connectivity index (χ0) is 23.5. The molecule has 8 nitrogen and oxygen atoms in total. The molecule has 0 saturated carbocycles. The average Bonchev–Trinajstić information content (AvgIpc) is 2.82. The summed E-state index contributed by atoms with van der Waals surface area (Å²) >= 11 is 0. The van der Waals surface area contributed by atoms with Crippen molar-refractivity contribution in [3.05, 3.63) is 69.8 Å². The highest BCUT2D eigenvalue weighted by Gasteiger charge is 2.37. The third-order valence-corrected chi connectivity index (χ3v) is 6.43. The van der Waals surface area contributed by atoms with E-state index >= 15 is 0 Å². The largest absolute Gasteiger partial charge is 0.368 e. The smallest absolute Gasteiger partial charge is 0.271 e. The van der Waals surface area contributed by atoms with Gasteiger partial charge in [0.05, 0.1) is 4.92 Å². The second kappa shape index (κ2) is 9.60. The van der Waals surface area contributed by atoms with E-state index < -0.39 is 11.0 Å². The normalized spacial score (nSPS) is 18.3. The molecule has 0 N–H and O–H groups in total. The van der Waals surface area contributed by atoms with E-state index in [1.165, 1.54) is 6.07 Å². The third kappa shape index (κ3) is 4.99. The number of anilines is 1. The summed E-state index contributed by atoms with van der Waals surface area (Å²) in [6.07, 6.45) is 0.955. The van der Waals surface area contributed by atoms with Crippen molar-refractivity contribution in [1.29, 1.82) is 0 Å². The lowest BCUT2D eigenvalue weighted by Gasteiger charge is -2.42. The van der Waals surface area contributed by atoms with E-state index in [0.29, 0.717) is 45.6 Å². The van der Waals surface area contributed by atoms with Gasteiger partial charge >= 0.3 is 0 Å². The van der Waals surface area contributed by atoms with Crippen LogP contribution in [0.25, 0.3) is 0 Å². The van der Waals surface area contributed by atoms with Crippen LogP contribution in [0.3, 0.4) is 0 Å². The molecule has 2 aromatic carbocycles. The summed E-state index contributed by atoms with van der Waals surface area (Å²) in [5.74, 6) is 0.234. The fraction of sp³-hybridized carbons (Fsp3) is 0.440. The van der Waals surface area contributed by atoms with Crippen molar-refractivity contribution in [2.75, 3.05) is 31.1 Å². The van der Waals surface area contributed by atoms with Crippen LogP contribution >= 0.6 is 0 Å².